The van der Waals surface area contributed by atoms with Crippen molar-refractivity contribution in [3.8, 4) is 0 Å². The van der Waals surface area contributed by atoms with Crippen molar-refractivity contribution < 1.29 is 27.5 Å². The van der Waals surface area contributed by atoms with Crippen molar-refractivity contribution in [3.05, 3.63) is 17.5 Å². The fourth-order valence-corrected chi connectivity index (χ4v) is 3.99. The van der Waals surface area contributed by atoms with Gasteiger partial charge in [0.2, 0.25) is 15.2 Å². The Morgan fingerprint density at radius 1 is 1.58 bits per heavy atom. The minimum Gasteiger partial charge on any atom is -0.480 e. The van der Waals surface area contributed by atoms with Crippen molar-refractivity contribution >= 4 is 27.6 Å². The summed E-state index contributed by atoms with van der Waals surface area (Å²) in [6.45, 7) is 1.59. The lowest BCUT2D eigenvalue weighted by atomic mass is 10.1. The Morgan fingerprint density at radius 3 is 2.79 bits per heavy atom. The monoisotopic (exact) mass is 309 g/mol. The van der Waals surface area contributed by atoms with Crippen LogP contribution in [0.1, 0.15) is 6.92 Å². The molecule has 1 aromatic heterocycles. The molecule has 0 radical (unpaired) electrons. The topological polar surface area (TPSA) is 97.0 Å². The Hall–Kier alpha value is -1.09. The van der Waals surface area contributed by atoms with Crippen LogP contribution in [0.4, 0.5) is 0 Å². The highest BCUT2D eigenvalue weighted by atomic mass is 35.5. The average Bonchev–Trinajstić information content (AvgIpc) is 2.75. The Balaban J connectivity index is 2.44. The number of ether oxygens (including phenoxy) is 1. The molecule has 9 heteroatoms. The Morgan fingerprint density at radius 2 is 2.26 bits per heavy atom. The van der Waals surface area contributed by atoms with Crippen LogP contribution >= 0.6 is 11.6 Å². The average molecular weight is 310 g/mol. The van der Waals surface area contributed by atoms with Gasteiger partial charge in [-0.15, -0.1) is 0 Å². The first kappa shape index (κ1) is 14.3. The van der Waals surface area contributed by atoms with E-state index in [1.807, 2.05) is 0 Å². The summed E-state index contributed by atoms with van der Waals surface area (Å²) in [6, 6.07) is -0.0961. The standard InChI is InChI=1S/C10H12ClNO6S/c1-6-8(10(13)14)12(3-5-17-6)19(15,16)7-2-4-18-9(7)11/h2,4,6,8H,3,5H2,1H3,(H,13,14)/t6-,8+/m0/s1. The fraction of sp³-hybridized carbons (Fsp3) is 0.500. The number of hydrogen-bond donors (Lipinski definition) is 1. The molecule has 7 nitrogen and oxygen atoms in total. The van der Waals surface area contributed by atoms with Gasteiger partial charge in [-0.1, -0.05) is 0 Å². The van der Waals surface area contributed by atoms with Gasteiger partial charge in [0.05, 0.1) is 19.0 Å². The van der Waals surface area contributed by atoms with Gasteiger partial charge < -0.3 is 14.3 Å². The number of sulfonamides is 1. The van der Waals surface area contributed by atoms with Gasteiger partial charge >= 0.3 is 5.97 Å². The lowest BCUT2D eigenvalue weighted by Crippen LogP contribution is -2.56. The first-order valence-electron chi connectivity index (χ1n) is 5.45. The van der Waals surface area contributed by atoms with Crippen molar-refractivity contribution in [2.24, 2.45) is 0 Å². The van der Waals surface area contributed by atoms with Crippen LogP contribution in [-0.4, -0.2) is 49.1 Å². The summed E-state index contributed by atoms with van der Waals surface area (Å²) >= 11 is 5.66. The normalized spacial score (nSPS) is 25.4. The smallest absolute Gasteiger partial charge is 0.324 e. The number of carbonyl (C=O) groups is 1. The van der Waals surface area contributed by atoms with Gasteiger partial charge in [-0.05, 0) is 24.6 Å². The molecular formula is C10H12ClNO6S. The van der Waals surface area contributed by atoms with Crippen LogP contribution in [0.15, 0.2) is 21.6 Å². The van der Waals surface area contributed by atoms with E-state index in [2.05, 4.69) is 0 Å². The van der Waals surface area contributed by atoms with Gasteiger partial charge in [0.15, 0.2) is 0 Å². The summed E-state index contributed by atoms with van der Waals surface area (Å²) in [4.78, 5) is 11.0. The summed E-state index contributed by atoms with van der Waals surface area (Å²) < 4.78 is 35.6. The van der Waals surface area contributed by atoms with Crippen LogP contribution in [0.2, 0.25) is 5.22 Å². The molecule has 2 atom stereocenters. The molecule has 0 bridgehead atoms. The van der Waals surface area contributed by atoms with E-state index in [1.54, 1.807) is 0 Å². The molecule has 1 aliphatic rings. The van der Waals surface area contributed by atoms with Crippen LogP contribution in [-0.2, 0) is 19.6 Å². The number of carboxylic acid groups (broad SMARTS) is 1. The molecule has 0 spiro atoms. The molecule has 2 rings (SSSR count). The Kier molecular flexibility index (Phi) is 3.86. The van der Waals surface area contributed by atoms with Crippen LogP contribution in [0.25, 0.3) is 0 Å². The van der Waals surface area contributed by atoms with Gasteiger partial charge in [-0.3, -0.25) is 4.79 Å². The summed E-state index contributed by atoms with van der Waals surface area (Å²) in [5, 5.41) is 8.88. The molecule has 1 fully saturated rings. The van der Waals surface area contributed by atoms with Crippen molar-refractivity contribution in [1.82, 2.24) is 4.31 Å². The second-order valence-corrected chi connectivity index (χ2v) is 6.24. The number of rotatable bonds is 3. The molecule has 2 heterocycles. The number of aliphatic carboxylic acids is 1. The van der Waals surface area contributed by atoms with E-state index in [1.165, 1.54) is 13.0 Å². The van der Waals surface area contributed by atoms with Gasteiger partial charge in [-0.25, -0.2) is 8.42 Å². The number of furan rings is 1. The molecule has 1 saturated heterocycles. The molecule has 106 valence electrons. The molecule has 1 N–H and O–H groups in total. The summed E-state index contributed by atoms with van der Waals surface area (Å²) in [5.41, 5.74) is 0. The zero-order valence-corrected chi connectivity index (χ0v) is 11.5. The van der Waals surface area contributed by atoms with E-state index in [-0.39, 0.29) is 23.3 Å². The fourth-order valence-electron chi connectivity index (χ4n) is 1.98. The van der Waals surface area contributed by atoms with Gasteiger partial charge in [0, 0.05) is 6.54 Å². The van der Waals surface area contributed by atoms with Crippen molar-refractivity contribution in [2.45, 2.75) is 24.0 Å². The third-order valence-electron chi connectivity index (χ3n) is 2.87. The minimum absolute atomic E-state index is 0.0504. The van der Waals surface area contributed by atoms with Gasteiger partial charge in [0.25, 0.3) is 0 Å². The van der Waals surface area contributed by atoms with Gasteiger partial charge in [-0.2, -0.15) is 4.31 Å². The number of hydrogen-bond acceptors (Lipinski definition) is 5. The van der Waals surface area contributed by atoms with Crippen molar-refractivity contribution in [2.75, 3.05) is 13.2 Å². The van der Waals surface area contributed by atoms with E-state index in [0.29, 0.717) is 0 Å². The minimum atomic E-state index is -4.03. The first-order valence-corrected chi connectivity index (χ1v) is 7.26. The molecule has 0 aromatic carbocycles. The zero-order chi connectivity index (χ0) is 14.2. The highest BCUT2D eigenvalue weighted by molar-refractivity contribution is 7.89. The molecule has 1 aromatic rings. The van der Waals surface area contributed by atoms with E-state index >= 15 is 0 Å². The molecule has 19 heavy (non-hydrogen) atoms. The maximum atomic E-state index is 12.4. The zero-order valence-electron chi connectivity index (χ0n) is 9.95. The third kappa shape index (κ3) is 2.48. The predicted molar refractivity (Wildman–Crippen MR) is 64.4 cm³/mol. The second kappa shape index (κ2) is 5.12. The molecule has 0 amide bonds. The highest BCUT2D eigenvalue weighted by Gasteiger charge is 2.43. The van der Waals surface area contributed by atoms with Crippen molar-refractivity contribution in [3.63, 3.8) is 0 Å². The molecule has 0 aliphatic carbocycles. The Labute approximate surface area is 114 Å². The highest BCUT2D eigenvalue weighted by Crippen LogP contribution is 2.29. The molecular weight excluding hydrogens is 298 g/mol. The largest absolute Gasteiger partial charge is 0.480 e. The van der Waals surface area contributed by atoms with Crippen LogP contribution in [0, 0.1) is 0 Å². The second-order valence-electron chi connectivity index (χ2n) is 4.03. The summed E-state index contributed by atoms with van der Waals surface area (Å²) in [6.07, 6.45) is 0.390. The third-order valence-corrected chi connectivity index (χ3v) is 5.18. The van der Waals surface area contributed by atoms with E-state index in [0.717, 1.165) is 10.6 Å². The van der Waals surface area contributed by atoms with Crippen LogP contribution < -0.4 is 0 Å². The molecule has 1 aliphatic heterocycles. The number of morpholine rings is 1. The SMILES string of the molecule is C[C@@H]1OCCN(S(=O)(=O)c2ccoc2Cl)[C@H]1C(=O)O. The van der Waals surface area contributed by atoms with E-state index < -0.39 is 28.1 Å². The number of nitrogens with zero attached hydrogens (tertiary/aromatic N) is 1. The molecule has 0 saturated carbocycles. The quantitative estimate of drug-likeness (QED) is 0.887. The number of halogens is 1. The van der Waals surface area contributed by atoms with Crippen LogP contribution in [0.5, 0.6) is 0 Å². The lowest BCUT2D eigenvalue weighted by Gasteiger charge is -2.35. The summed E-state index contributed by atoms with van der Waals surface area (Å²) in [7, 11) is -4.03. The maximum Gasteiger partial charge on any atom is 0.324 e. The number of carboxylic acids is 1. The van der Waals surface area contributed by atoms with Crippen LogP contribution in [0.3, 0.4) is 0 Å². The predicted octanol–water partition coefficient (Wildman–Crippen LogP) is 0.796. The summed E-state index contributed by atoms with van der Waals surface area (Å²) in [5.74, 6) is -1.27. The van der Waals surface area contributed by atoms with E-state index in [4.69, 9.17) is 25.9 Å². The van der Waals surface area contributed by atoms with Gasteiger partial charge in [0.1, 0.15) is 10.9 Å². The van der Waals surface area contributed by atoms with E-state index in [9.17, 15) is 13.2 Å². The molecule has 0 unspecified atom stereocenters. The Bertz CT molecular complexity index is 583. The van der Waals surface area contributed by atoms with Crippen molar-refractivity contribution in [1.29, 1.82) is 0 Å². The first-order chi connectivity index (χ1) is 8.85. The maximum absolute atomic E-state index is 12.4. The lowest BCUT2D eigenvalue weighted by molar-refractivity contribution is -0.150.